The number of nitrogens with one attached hydrogen (secondary N) is 1. The summed E-state index contributed by atoms with van der Waals surface area (Å²) in [6, 6.07) is 3.40. The molecule has 0 aliphatic heterocycles. The summed E-state index contributed by atoms with van der Waals surface area (Å²) < 4.78 is 15.8. The third-order valence-corrected chi connectivity index (χ3v) is 4.47. The highest BCUT2D eigenvalue weighted by Gasteiger charge is 2.17. The van der Waals surface area contributed by atoms with E-state index in [0.717, 1.165) is 10.4 Å². The van der Waals surface area contributed by atoms with Gasteiger partial charge in [-0.05, 0) is 19.4 Å². The molecular weight excluding hydrogens is 302 g/mol. The van der Waals surface area contributed by atoms with Crippen LogP contribution in [0.1, 0.15) is 20.8 Å². The first-order chi connectivity index (χ1) is 10.5. The molecule has 0 saturated heterocycles. The molecule has 0 spiro atoms. The molecule has 0 atom stereocenters. The maximum Gasteiger partial charge on any atom is 0.256 e. The Morgan fingerprint density at radius 1 is 1.05 bits per heavy atom. The Hall–Kier alpha value is -2.21. The van der Waals surface area contributed by atoms with Crippen molar-refractivity contribution in [2.75, 3.05) is 26.6 Å². The highest BCUT2D eigenvalue weighted by atomic mass is 32.1. The quantitative estimate of drug-likeness (QED) is 0.913. The van der Waals surface area contributed by atoms with Crippen LogP contribution in [0.15, 0.2) is 17.5 Å². The van der Waals surface area contributed by atoms with Crippen molar-refractivity contribution in [2.45, 2.75) is 13.8 Å². The molecule has 0 saturated carbocycles. The molecule has 0 aliphatic rings. The topological polar surface area (TPSA) is 56.8 Å². The molecule has 1 heterocycles. The first-order valence-corrected chi connectivity index (χ1v) is 7.55. The Labute approximate surface area is 133 Å². The number of anilines is 1. The molecule has 0 radical (unpaired) electrons. The lowest BCUT2D eigenvalue weighted by Gasteiger charge is -2.14. The van der Waals surface area contributed by atoms with Gasteiger partial charge in [0.1, 0.15) is 0 Å². The molecular formula is C16H19NO4S. The van der Waals surface area contributed by atoms with Crippen LogP contribution in [0.25, 0.3) is 0 Å². The van der Waals surface area contributed by atoms with Crippen LogP contribution in [0.2, 0.25) is 0 Å². The minimum absolute atomic E-state index is 0.156. The molecule has 5 nitrogen and oxygen atoms in total. The third kappa shape index (κ3) is 3.01. The summed E-state index contributed by atoms with van der Waals surface area (Å²) in [4.78, 5) is 13.5. The molecule has 1 amide bonds. The number of methoxy groups -OCH3 is 3. The number of carbonyl (C=O) groups is 1. The monoisotopic (exact) mass is 321 g/mol. The number of benzene rings is 1. The normalized spacial score (nSPS) is 10.2. The Balaban J connectivity index is 2.33. The molecule has 1 aromatic carbocycles. The molecule has 1 aromatic heterocycles. The zero-order valence-electron chi connectivity index (χ0n) is 13.3. The molecule has 1 N–H and O–H groups in total. The van der Waals surface area contributed by atoms with E-state index in [0.29, 0.717) is 28.5 Å². The van der Waals surface area contributed by atoms with Gasteiger partial charge < -0.3 is 19.5 Å². The number of aryl methyl sites for hydroxylation is 1. The van der Waals surface area contributed by atoms with Crippen molar-refractivity contribution in [1.29, 1.82) is 0 Å². The van der Waals surface area contributed by atoms with Crippen LogP contribution in [0.3, 0.4) is 0 Å². The lowest BCUT2D eigenvalue weighted by molar-refractivity contribution is 0.102. The predicted molar refractivity (Wildman–Crippen MR) is 87.8 cm³/mol. The molecule has 22 heavy (non-hydrogen) atoms. The summed E-state index contributed by atoms with van der Waals surface area (Å²) in [6.07, 6.45) is 0. The van der Waals surface area contributed by atoms with Crippen LogP contribution >= 0.6 is 11.3 Å². The van der Waals surface area contributed by atoms with Crippen molar-refractivity contribution >= 4 is 22.9 Å². The van der Waals surface area contributed by atoms with E-state index in [1.54, 1.807) is 23.5 Å². The van der Waals surface area contributed by atoms with Gasteiger partial charge in [-0.3, -0.25) is 4.79 Å². The Morgan fingerprint density at radius 2 is 1.64 bits per heavy atom. The number of ether oxygens (including phenoxy) is 3. The van der Waals surface area contributed by atoms with Crippen LogP contribution in [0.4, 0.5) is 5.69 Å². The predicted octanol–water partition coefficient (Wildman–Crippen LogP) is 3.64. The Morgan fingerprint density at radius 3 is 2.05 bits per heavy atom. The SMILES string of the molecule is COc1cc(NC(=O)c2csc(C)c2C)cc(OC)c1OC. The second-order valence-corrected chi connectivity index (χ2v) is 5.78. The number of carbonyl (C=O) groups excluding carboxylic acids is 1. The van der Waals surface area contributed by atoms with Crippen LogP contribution in [0.5, 0.6) is 17.2 Å². The van der Waals surface area contributed by atoms with E-state index in [2.05, 4.69) is 5.32 Å². The molecule has 0 aliphatic carbocycles. The standard InChI is InChI=1S/C16H19NO4S/c1-9-10(2)22-8-12(9)16(18)17-11-6-13(19-3)15(21-5)14(7-11)20-4/h6-8H,1-5H3,(H,17,18). The summed E-state index contributed by atoms with van der Waals surface area (Å²) in [5.41, 5.74) is 2.26. The fourth-order valence-electron chi connectivity index (χ4n) is 2.09. The van der Waals surface area contributed by atoms with Gasteiger partial charge in [-0.15, -0.1) is 11.3 Å². The third-order valence-electron chi connectivity index (χ3n) is 3.45. The number of hydrogen-bond donors (Lipinski definition) is 1. The smallest absolute Gasteiger partial charge is 0.256 e. The average molecular weight is 321 g/mol. The van der Waals surface area contributed by atoms with Crippen LogP contribution in [-0.4, -0.2) is 27.2 Å². The fraction of sp³-hybridized carbons (Fsp3) is 0.312. The zero-order valence-corrected chi connectivity index (χ0v) is 14.1. The van der Waals surface area contributed by atoms with E-state index in [1.807, 2.05) is 19.2 Å². The van der Waals surface area contributed by atoms with Crippen LogP contribution in [0, 0.1) is 13.8 Å². The van der Waals surface area contributed by atoms with E-state index in [4.69, 9.17) is 14.2 Å². The maximum absolute atomic E-state index is 12.4. The highest BCUT2D eigenvalue weighted by Crippen LogP contribution is 2.40. The van der Waals surface area contributed by atoms with Gasteiger partial charge in [-0.2, -0.15) is 0 Å². The number of thiophene rings is 1. The van der Waals surface area contributed by atoms with E-state index >= 15 is 0 Å². The fourth-order valence-corrected chi connectivity index (χ4v) is 2.95. The second kappa shape index (κ2) is 6.70. The van der Waals surface area contributed by atoms with Crippen molar-refractivity contribution in [3.05, 3.63) is 33.5 Å². The molecule has 2 aromatic rings. The molecule has 2 rings (SSSR count). The number of amides is 1. The van der Waals surface area contributed by atoms with Gasteiger partial charge in [0.2, 0.25) is 5.75 Å². The Bertz CT molecular complexity index is 668. The van der Waals surface area contributed by atoms with Gasteiger partial charge in [0.05, 0.1) is 26.9 Å². The van der Waals surface area contributed by atoms with Gasteiger partial charge in [0.25, 0.3) is 5.91 Å². The van der Waals surface area contributed by atoms with E-state index in [-0.39, 0.29) is 5.91 Å². The van der Waals surface area contributed by atoms with Gasteiger partial charge in [0, 0.05) is 28.1 Å². The first-order valence-electron chi connectivity index (χ1n) is 6.67. The minimum Gasteiger partial charge on any atom is -0.493 e. The van der Waals surface area contributed by atoms with Crippen molar-refractivity contribution in [3.63, 3.8) is 0 Å². The molecule has 0 bridgehead atoms. The lowest BCUT2D eigenvalue weighted by atomic mass is 10.1. The first kappa shape index (κ1) is 16.2. The van der Waals surface area contributed by atoms with Crippen molar-refractivity contribution in [2.24, 2.45) is 0 Å². The van der Waals surface area contributed by atoms with Crippen LogP contribution < -0.4 is 19.5 Å². The molecule has 0 fully saturated rings. The van der Waals surface area contributed by atoms with Crippen molar-refractivity contribution < 1.29 is 19.0 Å². The Kier molecular flexibility index (Phi) is 4.92. The molecule has 0 unspecified atom stereocenters. The number of hydrogen-bond acceptors (Lipinski definition) is 5. The van der Waals surface area contributed by atoms with Crippen molar-refractivity contribution in [1.82, 2.24) is 0 Å². The van der Waals surface area contributed by atoms with E-state index in [9.17, 15) is 4.79 Å². The largest absolute Gasteiger partial charge is 0.493 e. The van der Waals surface area contributed by atoms with Gasteiger partial charge in [-0.25, -0.2) is 0 Å². The summed E-state index contributed by atoms with van der Waals surface area (Å²) in [5, 5.41) is 4.72. The van der Waals surface area contributed by atoms with Gasteiger partial charge in [0.15, 0.2) is 11.5 Å². The lowest BCUT2D eigenvalue weighted by Crippen LogP contribution is -2.12. The zero-order chi connectivity index (χ0) is 16.3. The molecule has 118 valence electrons. The van der Waals surface area contributed by atoms with Crippen LogP contribution in [-0.2, 0) is 0 Å². The average Bonchev–Trinajstić information content (AvgIpc) is 2.85. The summed E-state index contributed by atoms with van der Waals surface area (Å²) in [6.45, 7) is 3.94. The molecule has 6 heteroatoms. The van der Waals surface area contributed by atoms with E-state index in [1.165, 1.54) is 21.3 Å². The second-order valence-electron chi connectivity index (χ2n) is 4.70. The van der Waals surface area contributed by atoms with E-state index < -0.39 is 0 Å². The minimum atomic E-state index is -0.156. The van der Waals surface area contributed by atoms with Gasteiger partial charge >= 0.3 is 0 Å². The summed E-state index contributed by atoms with van der Waals surface area (Å²) in [7, 11) is 4.61. The number of rotatable bonds is 5. The summed E-state index contributed by atoms with van der Waals surface area (Å²) in [5.74, 6) is 1.33. The maximum atomic E-state index is 12.4. The highest BCUT2D eigenvalue weighted by molar-refractivity contribution is 7.10. The van der Waals surface area contributed by atoms with Crippen molar-refractivity contribution in [3.8, 4) is 17.2 Å². The summed E-state index contributed by atoms with van der Waals surface area (Å²) >= 11 is 1.56. The van der Waals surface area contributed by atoms with Gasteiger partial charge in [-0.1, -0.05) is 0 Å².